The number of para-hydroxylation sites is 1. The Morgan fingerprint density at radius 3 is 2.17 bits per heavy atom. The van der Waals surface area contributed by atoms with Crippen molar-refractivity contribution in [2.45, 2.75) is 11.8 Å². The third kappa shape index (κ3) is 5.28. The van der Waals surface area contributed by atoms with Crippen molar-refractivity contribution >= 4 is 37.5 Å². The van der Waals surface area contributed by atoms with Gasteiger partial charge in [-0.25, -0.2) is 16.8 Å². The molecular formula is C22H22N2O4S2. The molecule has 0 atom stereocenters. The average Bonchev–Trinajstić information content (AvgIpc) is 2.73. The molecule has 0 unspecified atom stereocenters. The van der Waals surface area contributed by atoms with Gasteiger partial charge in [0, 0.05) is 7.05 Å². The highest BCUT2D eigenvalue weighted by atomic mass is 32.2. The van der Waals surface area contributed by atoms with E-state index in [4.69, 9.17) is 0 Å². The molecule has 6 nitrogen and oxygen atoms in total. The summed E-state index contributed by atoms with van der Waals surface area (Å²) in [6.45, 7) is 1.95. The first-order valence-corrected chi connectivity index (χ1v) is 12.1. The van der Waals surface area contributed by atoms with Crippen molar-refractivity contribution in [2.75, 3.05) is 16.1 Å². The highest BCUT2D eigenvalue weighted by Gasteiger charge is 2.21. The first-order chi connectivity index (χ1) is 14.2. The number of sulfonamides is 2. The lowest BCUT2D eigenvalue weighted by Gasteiger charge is -2.19. The fraction of sp³-hybridized carbons (Fsp3) is 0.0909. The number of nitrogens with one attached hydrogen (secondary N) is 1. The monoisotopic (exact) mass is 442 g/mol. The molecule has 0 heterocycles. The maximum Gasteiger partial charge on any atom is 0.264 e. The van der Waals surface area contributed by atoms with Crippen LogP contribution in [0.15, 0.2) is 89.2 Å². The number of hydrogen-bond donors (Lipinski definition) is 1. The van der Waals surface area contributed by atoms with Gasteiger partial charge < -0.3 is 0 Å². The van der Waals surface area contributed by atoms with E-state index < -0.39 is 20.0 Å². The summed E-state index contributed by atoms with van der Waals surface area (Å²) in [4.78, 5) is -0.0171. The van der Waals surface area contributed by atoms with E-state index in [2.05, 4.69) is 4.72 Å². The molecule has 0 aliphatic rings. The molecule has 1 N–H and O–H groups in total. The van der Waals surface area contributed by atoms with Gasteiger partial charge in [0.15, 0.2) is 0 Å². The van der Waals surface area contributed by atoms with Crippen LogP contribution in [0.2, 0.25) is 0 Å². The molecule has 0 bridgehead atoms. The average molecular weight is 443 g/mol. The van der Waals surface area contributed by atoms with Gasteiger partial charge in [0.05, 0.1) is 21.7 Å². The van der Waals surface area contributed by atoms with E-state index in [1.807, 2.05) is 31.2 Å². The molecule has 0 saturated heterocycles. The fourth-order valence-electron chi connectivity index (χ4n) is 2.70. The molecule has 156 valence electrons. The predicted octanol–water partition coefficient (Wildman–Crippen LogP) is 4.23. The number of benzene rings is 3. The molecule has 30 heavy (non-hydrogen) atoms. The largest absolute Gasteiger partial charge is 0.280 e. The summed E-state index contributed by atoms with van der Waals surface area (Å²) in [5, 5.41) is 1.05. The molecule has 0 aliphatic carbocycles. The summed E-state index contributed by atoms with van der Waals surface area (Å²) in [5.74, 6) is 0. The molecule has 0 aromatic heterocycles. The summed E-state index contributed by atoms with van der Waals surface area (Å²) >= 11 is 0. The van der Waals surface area contributed by atoms with Gasteiger partial charge in [-0.3, -0.25) is 9.03 Å². The zero-order valence-corrected chi connectivity index (χ0v) is 18.2. The smallest absolute Gasteiger partial charge is 0.264 e. The third-order valence-corrected chi connectivity index (χ3v) is 7.19. The zero-order chi connectivity index (χ0) is 21.8. The second-order valence-electron chi connectivity index (χ2n) is 6.70. The van der Waals surface area contributed by atoms with Gasteiger partial charge in [-0.15, -0.1) is 0 Å². The van der Waals surface area contributed by atoms with Crippen molar-refractivity contribution in [1.29, 1.82) is 0 Å². The van der Waals surface area contributed by atoms with Crippen molar-refractivity contribution in [3.8, 4) is 0 Å². The second-order valence-corrected chi connectivity index (χ2v) is 10.2. The molecule has 0 radical (unpaired) electrons. The molecule has 3 aromatic carbocycles. The minimum atomic E-state index is -3.85. The number of nitrogens with zero attached hydrogens (tertiary/aromatic N) is 1. The fourth-order valence-corrected chi connectivity index (χ4v) is 4.80. The van der Waals surface area contributed by atoms with E-state index in [1.165, 1.54) is 37.4 Å². The van der Waals surface area contributed by atoms with Crippen LogP contribution in [-0.4, -0.2) is 23.9 Å². The maximum absolute atomic E-state index is 12.9. The minimum absolute atomic E-state index is 0.0171. The normalized spacial score (nSPS) is 12.1. The first-order valence-electron chi connectivity index (χ1n) is 9.09. The van der Waals surface area contributed by atoms with Crippen LogP contribution in [0.5, 0.6) is 0 Å². The molecule has 3 aromatic rings. The first kappa shape index (κ1) is 21.6. The van der Waals surface area contributed by atoms with E-state index in [9.17, 15) is 16.8 Å². The summed E-state index contributed by atoms with van der Waals surface area (Å²) in [5.41, 5.74) is 2.48. The standard InChI is InChI=1S/C22H22N2O4S2/c1-18-11-13-19(14-12-18)15-16-29(25,26)23-20-7-6-10-22(17-20)30(27,28)24(2)21-8-4-3-5-9-21/h3-17,23H,1-2H3/b16-15+. The lowest BCUT2D eigenvalue weighted by atomic mass is 10.2. The van der Waals surface area contributed by atoms with Crippen LogP contribution in [0.1, 0.15) is 11.1 Å². The lowest BCUT2D eigenvalue weighted by molar-refractivity contribution is 0.594. The lowest BCUT2D eigenvalue weighted by Crippen LogP contribution is -2.26. The van der Waals surface area contributed by atoms with E-state index >= 15 is 0 Å². The molecule has 0 amide bonds. The SMILES string of the molecule is Cc1ccc(/C=C/S(=O)(=O)Nc2cccc(S(=O)(=O)N(C)c3ccccc3)c2)cc1. The molecular weight excluding hydrogens is 420 g/mol. The maximum atomic E-state index is 12.9. The Morgan fingerprint density at radius 2 is 1.50 bits per heavy atom. The Morgan fingerprint density at radius 1 is 0.833 bits per heavy atom. The van der Waals surface area contributed by atoms with Gasteiger partial charge >= 0.3 is 0 Å². The molecule has 0 saturated carbocycles. The third-order valence-electron chi connectivity index (χ3n) is 4.39. The number of anilines is 2. The quantitative estimate of drug-likeness (QED) is 0.593. The molecule has 3 rings (SSSR count). The Kier molecular flexibility index (Phi) is 6.28. The van der Waals surface area contributed by atoms with Gasteiger partial charge in [-0.2, -0.15) is 0 Å². The Labute approximate surface area is 177 Å². The van der Waals surface area contributed by atoms with Crippen molar-refractivity contribution in [3.05, 3.63) is 95.4 Å². The van der Waals surface area contributed by atoms with Crippen LogP contribution in [0.3, 0.4) is 0 Å². The summed E-state index contributed by atoms with van der Waals surface area (Å²) in [6, 6.07) is 21.8. The second kappa shape index (κ2) is 8.73. The van der Waals surface area contributed by atoms with Crippen molar-refractivity contribution in [2.24, 2.45) is 0 Å². The van der Waals surface area contributed by atoms with Crippen LogP contribution in [0.25, 0.3) is 6.08 Å². The minimum Gasteiger partial charge on any atom is -0.280 e. The Balaban J connectivity index is 1.82. The Bertz CT molecular complexity index is 1250. The number of rotatable bonds is 7. The topological polar surface area (TPSA) is 83.5 Å². The van der Waals surface area contributed by atoms with Crippen LogP contribution in [0.4, 0.5) is 11.4 Å². The van der Waals surface area contributed by atoms with E-state index in [-0.39, 0.29) is 10.6 Å². The van der Waals surface area contributed by atoms with Crippen molar-refractivity contribution in [3.63, 3.8) is 0 Å². The molecule has 0 aliphatic heterocycles. The highest BCUT2D eigenvalue weighted by Crippen LogP contribution is 2.24. The molecule has 8 heteroatoms. The van der Waals surface area contributed by atoms with Crippen molar-refractivity contribution < 1.29 is 16.8 Å². The summed E-state index contributed by atoms with van der Waals surface area (Å²) < 4.78 is 54.2. The van der Waals surface area contributed by atoms with Gasteiger partial charge in [-0.05, 0) is 48.9 Å². The number of hydrogen-bond acceptors (Lipinski definition) is 4. The van der Waals surface area contributed by atoms with E-state index in [0.29, 0.717) is 5.69 Å². The van der Waals surface area contributed by atoms with Crippen LogP contribution < -0.4 is 9.03 Å². The Hall–Kier alpha value is -3.10. The van der Waals surface area contributed by atoms with Crippen molar-refractivity contribution in [1.82, 2.24) is 0 Å². The van der Waals surface area contributed by atoms with Gasteiger partial charge in [0.25, 0.3) is 20.0 Å². The van der Waals surface area contributed by atoms with Gasteiger partial charge in [0.1, 0.15) is 0 Å². The summed E-state index contributed by atoms with van der Waals surface area (Å²) in [6.07, 6.45) is 1.48. The predicted molar refractivity (Wildman–Crippen MR) is 121 cm³/mol. The number of aryl methyl sites for hydroxylation is 1. The van der Waals surface area contributed by atoms with Crippen LogP contribution >= 0.6 is 0 Å². The van der Waals surface area contributed by atoms with E-state index in [1.54, 1.807) is 30.3 Å². The molecule has 0 spiro atoms. The summed E-state index contributed by atoms with van der Waals surface area (Å²) in [7, 11) is -6.22. The van der Waals surface area contributed by atoms with Gasteiger partial charge in [0.2, 0.25) is 0 Å². The zero-order valence-electron chi connectivity index (χ0n) is 16.6. The van der Waals surface area contributed by atoms with Crippen LogP contribution in [0, 0.1) is 6.92 Å². The highest BCUT2D eigenvalue weighted by molar-refractivity contribution is 7.95. The molecule has 0 fully saturated rings. The van der Waals surface area contributed by atoms with Gasteiger partial charge in [-0.1, -0.05) is 54.1 Å². The van der Waals surface area contributed by atoms with E-state index in [0.717, 1.165) is 20.8 Å². The van der Waals surface area contributed by atoms with Crippen LogP contribution in [-0.2, 0) is 20.0 Å².